The second-order valence-corrected chi connectivity index (χ2v) is 11.0. The van der Waals surface area contributed by atoms with E-state index in [9.17, 15) is 0 Å². The highest BCUT2D eigenvalue weighted by atomic mass is 14.3. The first-order chi connectivity index (χ1) is 16.5. The lowest BCUT2D eigenvalue weighted by molar-refractivity contribution is 0.344. The lowest BCUT2D eigenvalue weighted by Crippen LogP contribution is -2.12. The van der Waals surface area contributed by atoms with Gasteiger partial charge in [0.05, 0.1) is 0 Å². The fourth-order valence-corrected chi connectivity index (χ4v) is 5.94. The third-order valence-corrected chi connectivity index (χ3v) is 7.96. The van der Waals surface area contributed by atoms with Gasteiger partial charge in [-0.05, 0) is 93.5 Å². The molecule has 0 N–H and O–H groups in total. The standard InChI is InChI=1S/C34H38/c1-23(2)25(4)29-13-6-10-26(19-29)18-27-20-31(30-14-5-9-24(3)17-30)22-32(21-27)34-16-8-12-28-11-7-15-33(28)34/h6-8,10,12-13,15-16,19-24,30H,4-5,9,11,14,17-18H2,1-3H3. The van der Waals surface area contributed by atoms with Crippen LogP contribution in [0.25, 0.3) is 22.8 Å². The van der Waals surface area contributed by atoms with E-state index < -0.39 is 0 Å². The maximum atomic E-state index is 4.34. The highest BCUT2D eigenvalue weighted by molar-refractivity contribution is 5.80. The van der Waals surface area contributed by atoms with Crippen LogP contribution in [0, 0.1) is 11.8 Å². The van der Waals surface area contributed by atoms with Gasteiger partial charge in [-0.1, -0.05) is 113 Å². The van der Waals surface area contributed by atoms with Crippen LogP contribution in [0.1, 0.15) is 85.8 Å². The largest absolute Gasteiger partial charge is 0.0950 e. The van der Waals surface area contributed by atoms with Crippen LogP contribution in [0.5, 0.6) is 0 Å². The molecule has 0 heterocycles. The Morgan fingerprint density at radius 2 is 1.82 bits per heavy atom. The van der Waals surface area contributed by atoms with Crippen molar-refractivity contribution in [1.82, 2.24) is 0 Å². The summed E-state index contributed by atoms with van der Waals surface area (Å²) in [5.41, 5.74) is 12.5. The van der Waals surface area contributed by atoms with Gasteiger partial charge >= 0.3 is 0 Å². The third kappa shape index (κ3) is 4.83. The van der Waals surface area contributed by atoms with E-state index in [0.29, 0.717) is 11.8 Å². The summed E-state index contributed by atoms with van der Waals surface area (Å²) in [6, 6.07) is 23.3. The first-order valence-corrected chi connectivity index (χ1v) is 13.2. The molecule has 5 rings (SSSR count). The number of hydrogen-bond donors (Lipinski definition) is 0. The van der Waals surface area contributed by atoms with E-state index in [1.54, 1.807) is 5.56 Å². The van der Waals surface area contributed by atoms with Gasteiger partial charge in [-0.3, -0.25) is 0 Å². The smallest absolute Gasteiger partial charge is 0.00252 e. The molecule has 0 saturated heterocycles. The van der Waals surface area contributed by atoms with Gasteiger partial charge in [0.15, 0.2) is 0 Å². The maximum Gasteiger partial charge on any atom is -0.00252 e. The van der Waals surface area contributed by atoms with Crippen molar-refractivity contribution in [3.8, 4) is 11.1 Å². The maximum absolute atomic E-state index is 4.34. The summed E-state index contributed by atoms with van der Waals surface area (Å²) < 4.78 is 0. The summed E-state index contributed by atoms with van der Waals surface area (Å²) in [4.78, 5) is 0. The number of hydrogen-bond acceptors (Lipinski definition) is 0. The Morgan fingerprint density at radius 3 is 2.65 bits per heavy atom. The van der Waals surface area contributed by atoms with Crippen molar-refractivity contribution in [3.63, 3.8) is 0 Å². The molecule has 1 fully saturated rings. The zero-order chi connectivity index (χ0) is 23.7. The molecule has 2 atom stereocenters. The van der Waals surface area contributed by atoms with Crippen LogP contribution < -0.4 is 0 Å². The van der Waals surface area contributed by atoms with E-state index in [-0.39, 0.29) is 0 Å². The van der Waals surface area contributed by atoms with E-state index in [1.807, 2.05) is 0 Å². The van der Waals surface area contributed by atoms with E-state index in [4.69, 9.17) is 0 Å². The summed E-state index contributed by atoms with van der Waals surface area (Å²) in [5.74, 6) is 1.97. The Hall–Kier alpha value is -2.86. The van der Waals surface area contributed by atoms with Crippen molar-refractivity contribution in [2.24, 2.45) is 11.8 Å². The minimum Gasteiger partial charge on any atom is -0.0950 e. The summed E-state index contributed by atoms with van der Waals surface area (Å²) in [6.45, 7) is 11.2. The molecule has 0 nitrogen and oxygen atoms in total. The Kier molecular flexibility index (Phi) is 6.59. The molecule has 0 radical (unpaired) electrons. The summed E-state index contributed by atoms with van der Waals surface area (Å²) in [7, 11) is 0. The molecule has 2 aliphatic rings. The van der Waals surface area contributed by atoms with Crippen LogP contribution >= 0.6 is 0 Å². The van der Waals surface area contributed by atoms with Crippen molar-refractivity contribution in [1.29, 1.82) is 0 Å². The molecule has 0 aliphatic heterocycles. The monoisotopic (exact) mass is 446 g/mol. The van der Waals surface area contributed by atoms with Crippen molar-refractivity contribution in [2.45, 2.75) is 65.2 Å². The molecule has 2 aliphatic carbocycles. The molecule has 174 valence electrons. The van der Waals surface area contributed by atoms with E-state index >= 15 is 0 Å². The van der Waals surface area contributed by atoms with Gasteiger partial charge < -0.3 is 0 Å². The Bertz CT molecular complexity index is 1220. The quantitative estimate of drug-likeness (QED) is 0.354. The second-order valence-electron chi connectivity index (χ2n) is 11.0. The van der Waals surface area contributed by atoms with Gasteiger partial charge in [-0.15, -0.1) is 0 Å². The molecule has 0 heteroatoms. The van der Waals surface area contributed by atoms with E-state index in [0.717, 1.165) is 18.8 Å². The first-order valence-electron chi connectivity index (χ1n) is 13.2. The SMILES string of the molecule is C=C(c1cccc(Cc2cc(-c3cccc4c3C=CC4)cc(C3CCCC(C)C3)c2)c1)C(C)C. The van der Waals surface area contributed by atoms with Gasteiger partial charge in [0, 0.05) is 0 Å². The zero-order valence-electron chi connectivity index (χ0n) is 21.1. The Balaban J connectivity index is 1.55. The van der Waals surface area contributed by atoms with Crippen molar-refractivity contribution in [3.05, 3.63) is 107 Å². The molecule has 0 spiro atoms. The number of allylic oxidation sites excluding steroid dienone is 2. The molecule has 34 heavy (non-hydrogen) atoms. The van der Waals surface area contributed by atoms with E-state index in [1.165, 1.54) is 70.2 Å². The molecule has 0 bridgehead atoms. The average Bonchev–Trinajstić information content (AvgIpc) is 3.32. The van der Waals surface area contributed by atoms with Crippen LogP contribution in [-0.4, -0.2) is 0 Å². The van der Waals surface area contributed by atoms with Crippen LogP contribution in [0.4, 0.5) is 0 Å². The summed E-state index contributed by atoms with van der Waals surface area (Å²) in [6.07, 6.45) is 12.0. The first kappa shape index (κ1) is 22.9. The molecular weight excluding hydrogens is 408 g/mol. The predicted molar refractivity (Wildman–Crippen MR) is 148 cm³/mol. The van der Waals surface area contributed by atoms with Crippen molar-refractivity contribution < 1.29 is 0 Å². The van der Waals surface area contributed by atoms with Crippen molar-refractivity contribution >= 4 is 11.6 Å². The fraction of sp³-hybridized carbons (Fsp3) is 0.353. The van der Waals surface area contributed by atoms with Gasteiger partial charge in [-0.2, -0.15) is 0 Å². The Morgan fingerprint density at radius 1 is 0.971 bits per heavy atom. The molecule has 1 saturated carbocycles. The number of benzene rings is 3. The van der Waals surface area contributed by atoms with E-state index in [2.05, 4.69) is 100 Å². The summed E-state index contributed by atoms with van der Waals surface area (Å²) >= 11 is 0. The molecule has 0 aromatic heterocycles. The summed E-state index contributed by atoms with van der Waals surface area (Å²) in [5, 5.41) is 0. The predicted octanol–water partition coefficient (Wildman–Crippen LogP) is 9.48. The van der Waals surface area contributed by atoms with Crippen LogP contribution in [0.2, 0.25) is 0 Å². The van der Waals surface area contributed by atoms with Gasteiger partial charge in [0.25, 0.3) is 0 Å². The van der Waals surface area contributed by atoms with Gasteiger partial charge in [0.2, 0.25) is 0 Å². The van der Waals surface area contributed by atoms with Crippen LogP contribution in [0.3, 0.4) is 0 Å². The minimum atomic E-state index is 0.465. The topological polar surface area (TPSA) is 0 Å². The van der Waals surface area contributed by atoms with Crippen molar-refractivity contribution in [2.75, 3.05) is 0 Å². The lowest BCUT2D eigenvalue weighted by Gasteiger charge is -2.28. The van der Waals surface area contributed by atoms with Gasteiger partial charge in [-0.25, -0.2) is 0 Å². The molecular formula is C34H38. The molecule has 3 aromatic rings. The van der Waals surface area contributed by atoms with Crippen LogP contribution in [-0.2, 0) is 12.8 Å². The molecule has 3 aromatic carbocycles. The van der Waals surface area contributed by atoms with Gasteiger partial charge in [0.1, 0.15) is 0 Å². The highest BCUT2D eigenvalue weighted by Crippen LogP contribution is 2.39. The molecule has 2 unspecified atom stereocenters. The number of rotatable bonds is 6. The number of fused-ring (bicyclic) bond motifs is 1. The second kappa shape index (κ2) is 9.79. The average molecular weight is 447 g/mol. The third-order valence-electron chi connectivity index (χ3n) is 7.96. The Labute approximate surface area is 206 Å². The molecule has 0 amide bonds. The minimum absolute atomic E-state index is 0.465. The zero-order valence-corrected chi connectivity index (χ0v) is 21.1. The fourth-order valence-electron chi connectivity index (χ4n) is 5.94. The lowest BCUT2D eigenvalue weighted by atomic mass is 9.77. The van der Waals surface area contributed by atoms with Crippen LogP contribution in [0.15, 0.2) is 73.3 Å². The normalized spacial score (nSPS) is 19.4. The highest BCUT2D eigenvalue weighted by Gasteiger charge is 2.22.